The minimum Gasteiger partial charge on any atom is -0.414 e. The molecule has 0 aromatic heterocycles. The maximum absolute atomic E-state index is 6.56. The van der Waals surface area contributed by atoms with Crippen LogP contribution in [-0.2, 0) is 30.3 Å². The lowest BCUT2D eigenvalue weighted by atomic mass is 10.2. The molecule has 0 amide bonds. The molecule has 2 rings (SSSR count). The number of hydrogen-bond acceptors (Lipinski definition) is 5. The van der Waals surface area contributed by atoms with Crippen LogP contribution < -0.4 is 0 Å². The molecule has 2 unspecified atom stereocenters. The normalized spacial score (nSPS) is 20.0. The highest BCUT2D eigenvalue weighted by atomic mass is 28.4. The molecule has 0 N–H and O–H groups in total. The van der Waals surface area contributed by atoms with Crippen molar-refractivity contribution in [3.8, 4) is 0 Å². The standard InChI is InChI=1S/C19H32O5Si/c1-19(2,3)25(4,5)24-17(13-18-21-15-22-23-18)11-12-20-14-16-9-7-6-8-10-16/h6-10,17-18H,11-15H2,1-5H3. The van der Waals surface area contributed by atoms with E-state index in [1.165, 1.54) is 5.56 Å². The van der Waals surface area contributed by atoms with E-state index in [0.29, 0.717) is 19.6 Å². The van der Waals surface area contributed by atoms with Gasteiger partial charge in [-0.05, 0) is 30.1 Å². The lowest BCUT2D eigenvalue weighted by molar-refractivity contribution is -0.280. The molecule has 5 nitrogen and oxygen atoms in total. The Morgan fingerprint density at radius 3 is 2.52 bits per heavy atom. The molecule has 0 radical (unpaired) electrons. The van der Waals surface area contributed by atoms with Crippen molar-refractivity contribution in [2.45, 2.75) is 70.7 Å². The van der Waals surface area contributed by atoms with Gasteiger partial charge in [0.05, 0.1) is 12.7 Å². The van der Waals surface area contributed by atoms with Crippen LogP contribution in [0.2, 0.25) is 18.1 Å². The van der Waals surface area contributed by atoms with Gasteiger partial charge in [-0.25, -0.2) is 9.78 Å². The highest BCUT2D eigenvalue weighted by Crippen LogP contribution is 2.38. The Balaban J connectivity index is 1.85. The van der Waals surface area contributed by atoms with E-state index in [2.05, 4.69) is 46.0 Å². The summed E-state index contributed by atoms with van der Waals surface area (Å²) in [4.78, 5) is 9.97. The first-order valence-corrected chi connectivity index (χ1v) is 11.9. The van der Waals surface area contributed by atoms with Crippen LogP contribution in [-0.4, -0.2) is 34.1 Å². The Hall–Kier alpha value is -0.763. The van der Waals surface area contributed by atoms with Crippen LogP contribution in [0, 0.1) is 0 Å². The smallest absolute Gasteiger partial charge is 0.196 e. The van der Waals surface area contributed by atoms with Crippen LogP contribution in [0.15, 0.2) is 30.3 Å². The average Bonchev–Trinajstić information content (AvgIpc) is 3.04. The van der Waals surface area contributed by atoms with E-state index < -0.39 is 8.32 Å². The first-order valence-electron chi connectivity index (χ1n) is 8.97. The van der Waals surface area contributed by atoms with Crippen LogP contribution in [0.25, 0.3) is 0 Å². The third-order valence-corrected chi connectivity index (χ3v) is 9.43. The first kappa shape index (κ1) is 20.5. The van der Waals surface area contributed by atoms with Crippen molar-refractivity contribution < 1.29 is 23.7 Å². The molecule has 142 valence electrons. The second-order valence-corrected chi connectivity index (χ2v) is 12.7. The summed E-state index contributed by atoms with van der Waals surface area (Å²) in [6.45, 7) is 12.7. The first-order chi connectivity index (χ1) is 11.8. The van der Waals surface area contributed by atoms with E-state index >= 15 is 0 Å². The largest absolute Gasteiger partial charge is 0.414 e. The molecule has 2 atom stereocenters. The fourth-order valence-corrected chi connectivity index (χ4v) is 3.76. The fraction of sp³-hybridized carbons (Fsp3) is 0.684. The Kier molecular flexibility index (Phi) is 7.61. The summed E-state index contributed by atoms with van der Waals surface area (Å²) < 4.78 is 17.8. The van der Waals surface area contributed by atoms with Crippen molar-refractivity contribution in [2.75, 3.05) is 13.4 Å². The van der Waals surface area contributed by atoms with Crippen LogP contribution in [0.1, 0.15) is 39.2 Å². The minimum absolute atomic E-state index is 0.0309. The number of hydrogen-bond donors (Lipinski definition) is 0. The van der Waals surface area contributed by atoms with Gasteiger partial charge in [-0.3, -0.25) is 0 Å². The van der Waals surface area contributed by atoms with Gasteiger partial charge < -0.3 is 13.9 Å². The summed E-state index contributed by atoms with van der Waals surface area (Å²) in [5, 5.41) is 0.157. The predicted molar refractivity (Wildman–Crippen MR) is 99.3 cm³/mol. The molecule has 0 spiro atoms. The zero-order chi connectivity index (χ0) is 18.3. The van der Waals surface area contributed by atoms with E-state index in [1.807, 2.05) is 18.2 Å². The summed E-state index contributed by atoms with van der Waals surface area (Å²) in [6, 6.07) is 10.2. The van der Waals surface area contributed by atoms with E-state index in [-0.39, 0.29) is 24.2 Å². The topological polar surface area (TPSA) is 46.2 Å². The van der Waals surface area contributed by atoms with Crippen molar-refractivity contribution in [3.63, 3.8) is 0 Å². The third kappa shape index (κ3) is 6.81. The highest BCUT2D eigenvalue weighted by Gasteiger charge is 2.40. The average molecular weight is 369 g/mol. The van der Waals surface area contributed by atoms with E-state index in [0.717, 1.165) is 6.42 Å². The molecule has 6 heteroatoms. The molecule has 0 aliphatic carbocycles. The lowest BCUT2D eigenvalue weighted by Crippen LogP contribution is -2.45. The molecule has 1 fully saturated rings. The van der Waals surface area contributed by atoms with Gasteiger partial charge in [0, 0.05) is 13.0 Å². The van der Waals surface area contributed by atoms with Gasteiger partial charge in [-0.1, -0.05) is 51.1 Å². The number of ether oxygens (including phenoxy) is 2. The lowest BCUT2D eigenvalue weighted by Gasteiger charge is -2.39. The SMILES string of the molecule is CC(C)(C)[Si](C)(C)OC(CCOCc1ccccc1)CC1OCOO1. The van der Waals surface area contributed by atoms with Gasteiger partial charge >= 0.3 is 0 Å². The van der Waals surface area contributed by atoms with E-state index in [1.54, 1.807) is 0 Å². The van der Waals surface area contributed by atoms with E-state index in [9.17, 15) is 0 Å². The van der Waals surface area contributed by atoms with Crippen molar-refractivity contribution in [1.82, 2.24) is 0 Å². The quantitative estimate of drug-likeness (QED) is 0.361. The zero-order valence-corrected chi connectivity index (χ0v) is 17.1. The Morgan fingerprint density at radius 2 is 1.92 bits per heavy atom. The maximum Gasteiger partial charge on any atom is 0.196 e. The number of rotatable bonds is 9. The number of benzene rings is 1. The Morgan fingerprint density at radius 1 is 1.20 bits per heavy atom. The van der Waals surface area contributed by atoms with Gasteiger partial charge in [0.25, 0.3) is 0 Å². The van der Waals surface area contributed by atoms with Crippen molar-refractivity contribution in [3.05, 3.63) is 35.9 Å². The van der Waals surface area contributed by atoms with Crippen molar-refractivity contribution in [1.29, 1.82) is 0 Å². The van der Waals surface area contributed by atoms with Gasteiger partial charge in [0.15, 0.2) is 21.4 Å². The second kappa shape index (κ2) is 9.25. The second-order valence-electron chi connectivity index (χ2n) is 7.99. The molecular weight excluding hydrogens is 336 g/mol. The molecule has 0 bridgehead atoms. The van der Waals surface area contributed by atoms with Crippen LogP contribution in [0.4, 0.5) is 0 Å². The van der Waals surface area contributed by atoms with Gasteiger partial charge in [-0.15, -0.1) is 0 Å². The molecule has 1 aromatic rings. The van der Waals surface area contributed by atoms with Crippen molar-refractivity contribution >= 4 is 8.32 Å². The summed E-state index contributed by atoms with van der Waals surface area (Å²) in [6.07, 6.45) is 1.14. The van der Waals surface area contributed by atoms with Crippen molar-refractivity contribution in [2.24, 2.45) is 0 Å². The van der Waals surface area contributed by atoms with Gasteiger partial charge in [-0.2, -0.15) is 0 Å². The van der Waals surface area contributed by atoms with Crippen LogP contribution >= 0.6 is 0 Å². The monoisotopic (exact) mass is 368 g/mol. The Labute approximate surface area is 152 Å². The molecule has 1 aliphatic rings. The zero-order valence-electron chi connectivity index (χ0n) is 16.1. The predicted octanol–water partition coefficient (Wildman–Crippen LogP) is 4.64. The minimum atomic E-state index is -1.87. The summed E-state index contributed by atoms with van der Waals surface area (Å²) in [5.74, 6) is 0. The summed E-state index contributed by atoms with van der Waals surface area (Å²) in [5.41, 5.74) is 1.18. The molecule has 25 heavy (non-hydrogen) atoms. The summed E-state index contributed by atoms with van der Waals surface area (Å²) >= 11 is 0. The molecular formula is C19H32O5Si. The van der Waals surface area contributed by atoms with Crippen LogP contribution in [0.5, 0.6) is 0 Å². The maximum atomic E-state index is 6.56. The van der Waals surface area contributed by atoms with Gasteiger partial charge in [0.2, 0.25) is 0 Å². The summed E-state index contributed by atoms with van der Waals surface area (Å²) in [7, 11) is -1.87. The Bertz CT molecular complexity index is 494. The molecule has 1 aliphatic heterocycles. The fourth-order valence-electron chi connectivity index (χ4n) is 2.35. The molecule has 1 aromatic carbocycles. The van der Waals surface area contributed by atoms with Gasteiger partial charge in [0.1, 0.15) is 0 Å². The highest BCUT2D eigenvalue weighted by molar-refractivity contribution is 6.74. The van der Waals surface area contributed by atoms with E-state index in [4.69, 9.17) is 23.7 Å². The molecule has 1 saturated heterocycles. The van der Waals surface area contributed by atoms with Crippen LogP contribution in [0.3, 0.4) is 0 Å². The molecule has 0 saturated carbocycles. The third-order valence-electron chi connectivity index (χ3n) is 4.90. The molecule has 1 heterocycles.